The number of aryl methyl sites for hydroxylation is 1. The molecule has 1 rings (SSSR count). The van der Waals surface area contributed by atoms with Gasteiger partial charge in [0.25, 0.3) is 0 Å². The number of hydrogen-bond donors (Lipinski definition) is 1. The highest BCUT2D eigenvalue weighted by atomic mass is 15.2. The van der Waals surface area contributed by atoms with Crippen LogP contribution >= 0.6 is 0 Å². The highest BCUT2D eigenvalue weighted by molar-refractivity contribution is 5.53. The Labute approximate surface area is 106 Å². The van der Waals surface area contributed by atoms with Crippen LogP contribution in [0.4, 0.5) is 5.69 Å². The lowest BCUT2D eigenvalue weighted by atomic mass is 10.1. The van der Waals surface area contributed by atoms with Crippen LogP contribution in [0.5, 0.6) is 0 Å². The van der Waals surface area contributed by atoms with Crippen molar-refractivity contribution in [2.75, 3.05) is 18.0 Å². The van der Waals surface area contributed by atoms with Crippen LogP contribution in [0.15, 0.2) is 24.3 Å². The average molecular weight is 234 g/mol. The van der Waals surface area contributed by atoms with Gasteiger partial charge in [0.15, 0.2) is 0 Å². The zero-order valence-corrected chi connectivity index (χ0v) is 11.4. The van der Waals surface area contributed by atoms with Gasteiger partial charge >= 0.3 is 0 Å². The molecule has 2 heteroatoms. The smallest absolute Gasteiger partial charge is 0.0398 e. The summed E-state index contributed by atoms with van der Waals surface area (Å²) in [6, 6.07) is 9.27. The van der Waals surface area contributed by atoms with Crippen LogP contribution in [0.1, 0.15) is 38.7 Å². The molecule has 96 valence electrons. The molecule has 0 saturated carbocycles. The number of nitrogens with two attached hydrogens (primary N) is 1. The topological polar surface area (TPSA) is 29.3 Å². The van der Waals surface area contributed by atoms with Crippen LogP contribution in [0.2, 0.25) is 0 Å². The second-order valence-corrected chi connectivity index (χ2v) is 4.59. The predicted molar refractivity (Wildman–Crippen MR) is 76.6 cm³/mol. The Morgan fingerprint density at radius 2 is 1.82 bits per heavy atom. The van der Waals surface area contributed by atoms with E-state index in [1.165, 1.54) is 24.1 Å². The zero-order valence-electron chi connectivity index (χ0n) is 11.4. The second kappa shape index (κ2) is 7.33. The number of hydrogen-bond acceptors (Lipinski definition) is 2. The molecule has 0 bridgehead atoms. The standard InChI is InChI=1S/C15H26N2/c1-4-14(5-2)17(12-8-11-16)15-10-7-6-9-13(15)3/h6-7,9-10,14H,4-5,8,11-12,16H2,1-3H3. The fraction of sp³-hybridized carbons (Fsp3) is 0.600. The van der Waals surface area contributed by atoms with E-state index < -0.39 is 0 Å². The molecular formula is C15H26N2. The summed E-state index contributed by atoms with van der Waals surface area (Å²) in [6.45, 7) is 8.55. The van der Waals surface area contributed by atoms with E-state index in [1.54, 1.807) is 0 Å². The molecule has 0 heterocycles. The summed E-state index contributed by atoms with van der Waals surface area (Å²) < 4.78 is 0. The minimum atomic E-state index is 0.627. The lowest BCUT2D eigenvalue weighted by molar-refractivity contribution is 0.548. The Balaban J connectivity index is 2.92. The van der Waals surface area contributed by atoms with E-state index in [1.807, 2.05) is 0 Å². The number of rotatable bonds is 7. The van der Waals surface area contributed by atoms with Crippen LogP contribution in [0.3, 0.4) is 0 Å². The molecule has 0 saturated heterocycles. The molecule has 2 nitrogen and oxygen atoms in total. The fourth-order valence-corrected chi connectivity index (χ4v) is 2.38. The van der Waals surface area contributed by atoms with Crippen molar-refractivity contribution in [3.05, 3.63) is 29.8 Å². The van der Waals surface area contributed by atoms with Crippen molar-refractivity contribution in [1.29, 1.82) is 0 Å². The van der Waals surface area contributed by atoms with Gasteiger partial charge in [-0.2, -0.15) is 0 Å². The van der Waals surface area contributed by atoms with Crippen molar-refractivity contribution in [3.63, 3.8) is 0 Å². The van der Waals surface area contributed by atoms with E-state index in [2.05, 4.69) is 49.9 Å². The first-order chi connectivity index (χ1) is 8.24. The summed E-state index contributed by atoms with van der Waals surface area (Å²) in [5.41, 5.74) is 8.38. The van der Waals surface area contributed by atoms with Crippen LogP contribution in [-0.4, -0.2) is 19.1 Å². The van der Waals surface area contributed by atoms with Crippen molar-refractivity contribution in [2.45, 2.75) is 46.1 Å². The lowest BCUT2D eigenvalue weighted by Crippen LogP contribution is -2.36. The van der Waals surface area contributed by atoms with Gasteiger partial charge in [0, 0.05) is 18.3 Å². The van der Waals surface area contributed by atoms with E-state index in [0.29, 0.717) is 6.04 Å². The predicted octanol–water partition coefficient (Wildman–Crippen LogP) is 3.34. The molecular weight excluding hydrogens is 208 g/mol. The van der Waals surface area contributed by atoms with Crippen molar-refractivity contribution >= 4 is 5.69 Å². The summed E-state index contributed by atoms with van der Waals surface area (Å²) in [6.07, 6.45) is 3.44. The Bertz CT molecular complexity index is 318. The number of anilines is 1. The molecule has 1 aromatic rings. The highest BCUT2D eigenvalue weighted by Gasteiger charge is 2.16. The van der Waals surface area contributed by atoms with Gasteiger partial charge < -0.3 is 10.6 Å². The molecule has 0 aliphatic heterocycles. The molecule has 0 spiro atoms. The normalized spacial score (nSPS) is 10.9. The fourth-order valence-electron chi connectivity index (χ4n) is 2.38. The third-order valence-electron chi connectivity index (χ3n) is 3.41. The first-order valence-electron chi connectivity index (χ1n) is 6.76. The SMILES string of the molecule is CCC(CC)N(CCCN)c1ccccc1C. The minimum Gasteiger partial charge on any atom is -0.368 e. The molecule has 17 heavy (non-hydrogen) atoms. The first-order valence-corrected chi connectivity index (χ1v) is 6.76. The van der Waals surface area contributed by atoms with Gasteiger partial charge in [0.05, 0.1) is 0 Å². The van der Waals surface area contributed by atoms with Crippen LogP contribution in [-0.2, 0) is 0 Å². The van der Waals surface area contributed by atoms with Crippen molar-refractivity contribution in [3.8, 4) is 0 Å². The van der Waals surface area contributed by atoms with Crippen molar-refractivity contribution in [1.82, 2.24) is 0 Å². The molecule has 0 atom stereocenters. The van der Waals surface area contributed by atoms with Gasteiger partial charge in [-0.1, -0.05) is 32.0 Å². The summed E-state index contributed by atoms with van der Waals surface area (Å²) in [7, 11) is 0. The van der Waals surface area contributed by atoms with Gasteiger partial charge in [-0.25, -0.2) is 0 Å². The van der Waals surface area contributed by atoms with Crippen LogP contribution in [0, 0.1) is 6.92 Å². The van der Waals surface area contributed by atoms with Gasteiger partial charge in [0.1, 0.15) is 0 Å². The van der Waals surface area contributed by atoms with Crippen molar-refractivity contribution < 1.29 is 0 Å². The lowest BCUT2D eigenvalue weighted by Gasteiger charge is -2.34. The largest absolute Gasteiger partial charge is 0.368 e. The zero-order chi connectivity index (χ0) is 12.7. The van der Waals surface area contributed by atoms with E-state index in [4.69, 9.17) is 5.73 Å². The number of nitrogens with zero attached hydrogens (tertiary/aromatic N) is 1. The van der Waals surface area contributed by atoms with E-state index in [0.717, 1.165) is 19.5 Å². The van der Waals surface area contributed by atoms with Gasteiger partial charge in [-0.15, -0.1) is 0 Å². The van der Waals surface area contributed by atoms with Crippen LogP contribution < -0.4 is 10.6 Å². The molecule has 0 aliphatic carbocycles. The Morgan fingerprint density at radius 1 is 1.18 bits per heavy atom. The average Bonchev–Trinajstić information content (AvgIpc) is 2.36. The number of benzene rings is 1. The van der Waals surface area contributed by atoms with Gasteiger partial charge in [-0.3, -0.25) is 0 Å². The van der Waals surface area contributed by atoms with Crippen molar-refractivity contribution in [2.24, 2.45) is 5.73 Å². The highest BCUT2D eigenvalue weighted by Crippen LogP contribution is 2.24. The summed E-state index contributed by atoms with van der Waals surface area (Å²) in [4.78, 5) is 2.53. The Hall–Kier alpha value is -1.02. The summed E-state index contributed by atoms with van der Waals surface area (Å²) >= 11 is 0. The van der Waals surface area contributed by atoms with E-state index in [-0.39, 0.29) is 0 Å². The summed E-state index contributed by atoms with van der Waals surface area (Å²) in [5.74, 6) is 0. The maximum Gasteiger partial charge on any atom is 0.0398 e. The quantitative estimate of drug-likeness (QED) is 0.784. The molecule has 0 radical (unpaired) electrons. The first kappa shape index (κ1) is 14.0. The van der Waals surface area contributed by atoms with Gasteiger partial charge in [0.2, 0.25) is 0 Å². The molecule has 0 unspecified atom stereocenters. The van der Waals surface area contributed by atoms with E-state index in [9.17, 15) is 0 Å². The molecule has 0 aliphatic rings. The maximum atomic E-state index is 5.65. The Kier molecular flexibility index (Phi) is 6.06. The molecule has 0 fully saturated rings. The second-order valence-electron chi connectivity index (χ2n) is 4.59. The Morgan fingerprint density at radius 3 is 2.35 bits per heavy atom. The third-order valence-corrected chi connectivity index (χ3v) is 3.41. The minimum absolute atomic E-state index is 0.627. The maximum absolute atomic E-state index is 5.65. The van der Waals surface area contributed by atoms with Gasteiger partial charge in [-0.05, 0) is 44.4 Å². The van der Waals surface area contributed by atoms with E-state index >= 15 is 0 Å². The van der Waals surface area contributed by atoms with Crippen LogP contribution in [0.25, 0.3) is 0 Å². The summed E-state index contributed by atoms with van der Waals surface area (Å²) in [5, 5.41) is 0. The molecule has 0 aromatic heterocycles. The third kappa shape index (κ3) is 3.74. The monoisotopic (exact) mass is 234 g/mol. The molecule has 1 aromatic carbocycles. The molecule has 0 amide bonds. The number of para-hydroxylation sites is 1. The molecule has 2 N–H and O–H groups in total.